The van der Waals surface area contributed by atoms with Crippen molar-refractivity contribution in [3.8, 4) is 5.75 Å². The minimum absolute atomic E-state index is 0.843. The summed E-state index contributed by atoms with van der Waals surface area (Å²) in [6, 6.07) is 6.03. The van der Waals surface area contributed by atoms with Crippen LogP contribution >= 0.6 is 0 Å². The Labute approximate surface area is 135 Å². The van der Waals surface area contributed by atoms with Crippen LogP contribution in [0.3, 0.4) is 0 Å². The molecule has 0 spiro atoms. The number of piperazine rings is 1. The number of ether oxygens (including phenoxy) is 1. The highest BCUT2D eigenvalue weighted by molar-refractivity contribution is 6.08. The Morgan fingerprint density at radius 2 is 2.00 bits per heavy atom. The fraction of sp³-hybridized carbons (Fsp3) is 0.412. The first-order chi connectivity index (χ1) is 11.3. The Balaban J connectivity index is 1.79. The molecule has 1 N–H and O–H groups in total. The molecule has 6 heteroatoms. The molecule has 6 nitrogen and oxygen atoms in total. The number of benzene rings is 1. The van der Waals surface area contributed by atoms with Crippen molar-refractivity contribution in [2.75, 3.05) is 44.7 Å². The summed E-state index contributed by atoms with van der Waals surface area (Å²) in [6.07, 6.45) is 1.66. The standard InChI is InChI=1S/C17H21N5O/c1-3-21-6-8-22(9-7-21)17-16-15(18-11-19-17)13-10-12(23-2)4-5-14(13)20-16/h4-5,10-11,20H,3,6-9H2,1-2H3. The second-order valence-corrected chi connectivity index (χ2v) is 5.88. The van der Waals surface area contributed by atoms with Crippen LogP contribution in [0.4, 0.5) is 5.82 Å². The Bertz CT molecular complexity index is 835. The van der Waals surface area contributed by atoms with Gasteiger partial charge < -0.3 is 19.5 Å². The van der Waals surface area contributed by atoms with Crippen LogP contribution in [-0.2, 0) is 0 Å². The van der Waals surface area contributed by atoms with Crippen LogP contribution in [-0.4, -0.2) is 59.7 Å². The van der Waals surface area contributed by atoms with Gasteiger partial charge >= 0.3 is 0 Å². The van der Waals surface area contributed by atoms with E-state index in [1.165, 1.54) is 0 Å². The van der Waals surface area contributed by atoms with Gasteiger partial charge in [-0.15, -0.1) is 0 Å². The van der Waals surface area contributed by atoms with Crippen molar-refractivity contribution in [2.45, 2.75) is 6.92 Å². The highest BCUT2D eigenvalue weighted by Crippen LogP contribution is 2.31. The number of nitrogens with zero attached hydrogens (tertiary/aromatic N) is 4. The first-order valence-electron chi connectivity index (χ1n) is 8.08. The summed E-state index contributed by atoms with van der Waals surface area (Å²) < 4.78 is 5.34. The first-order valence-corrected chi connectivity index (χ1v) is 8.08. The van der Waals surface area contributed by atoms with Crippen molar-refractivity contribution in [3.05, 3.63) is 24.5 Å². The molecule has 0 saturated carbocycles. The average Bonchev–Trinajstić information content (AvgIpc) is 2.99. The van der Waals surface area contributed by atoms with E-state index in [-0.39, 0.29) is 0 Å². The third-order valence-electron chi connectivity index (χ3n) is 4.69. The molecule has 1 aliphatic rings. The van der Waals surface area contributed by atoms with Crippen molar-refractivity contribution in [2.24, 2.45) is 0 Å². The Morgan fingerprint density at radius 1 is 1.17 bits per heavy atom. The number of rotatable bonds is 3. The molecule has 0 atom stereocenters. The average molecular weight is 311 g/mol. The van der Waals surface area contributed by atoms with E-state index in [1.54, 1.807) is 13.4 Å². The molecule has 3 heterocycles. The van der Waals surface area contributed by atoms with Gasteiger partial charge in [0.15, 0.2) is 5.82 Å². The minimum Gasteiger partial charge on any atom is -0.497 e. The van der Waals surface area contributed by atoms with E-state index in [4.69, 9.17) is 4.74 Å². The van der Waals surface area contributed by atoms with Crippen molar-refractivity contribution in [3.63, 3.8) is 0 Å². The van der Waals surface area contributed by atoms with Gasteiger partial charge in [0.05, 0.1) is 7.11 Å². The molecular weight excluding hydrogens is 290 g/mol. The maximum Gasteiger partial charge on any atom is 0.156 e. The second kappa shape index (κ2) is 5.70. The van der Waals surface area contributed by atoms with Gasteiger partial charge in [-0.2, -0.15) is 0 Å². The van der Waals surface area contributed by atoms with Crippen molar-refractivity contribution < 1.29 is 4.74 Å². The van der Waals surface area contributed by atoms with Crippen LogP contribution < -0.4 is 9.64 Å². The quantitative estimate of drug-likeness (QED) is 0.804. The third kappa shape index (κ3) is 2.39. The molecule has 0 radical (unpaired) electrons. The predicted molar refractivity (Wildman–Crippen MR) is 92.3 cm³/mol. The van der Waals surface area contributed by atoms with Crippen LogP contribution in [0.25, 0.3) is 21.9 Å². The lowest BCUT2D eigenvalue weighted by atomic mass is 10.2. The molecule has 23 heavy (non-hydrogen) atoms. The second-order valence-electron chi connectivity index (χ2n) is 5.88. The van der Waals surface area contributed by atoms with Gasteiger partial charge in [-0.05, 0) is 24.7 Å². The molecule has 1 aliphatic heterocycles. The zero-order chi connectivity index (χ0) is 15.8. The number of hydrogen-bond donors (Lipinski definition) is 1. The van der Waals surface area contributed by atoms with Crippen molar-refractivity contribution in [1.82, 2.24) is 19.9 Å². The summed E-state index contributed by atoms with van der Waals surface area (Å²) >= 11 is 0. The molecule has 1 fully saturated rings. The number of fused-ring (bicyclic) bond motifs is 3. The van der Waals surface area contributed by atoms with Gasteiger partial charge in [0.25, 0.3) is 0 Å². The monoisotopic (exact) mass is 311 g/mol. The maximum absolute atomic E-state index is 5.34. The minimum atomic E-state index is 0.843. The van der Waals surface area contributed by atoms with Crippen molar-refractivity contribution in [1.29, 1.82) is 0 Å². The highest BCUT2D eigenvalue weighted by Gasteiger charge is 2.20. The summed E-state index contributed by atoms with van der Waals surface area (Å²) in [4.78, 5) is 17.3. The summed E-state index contributed by atoms with van der Waals surface area (Å²) in [6.45, 7) is 7.48. The molecule has 0 amide bonds. The number of nitrogens with one attached hydrogen (secondary N) is 1. The summed E-state index contributed by atoms with van der Waals surface area (Å²) in [5.41, 5.74) is 3.04. The van der Waals surface area contributed by atoms with E-state index in [1.807, 2.05) is 18.2 Å². The lowest BCUT2D eigenvalue weighted by molar-refractivity contribution is 0.270. The zero-order valence-electron chi connectivity index (χ0n) is 13.5. The molecule has 1 saturated heterocycles. The maximum atomic E-state index is 5.34. The zero-order valence-corrected chi connectivity index (χ0v) is 13.5. The summed E-state index contributed by atoms with van der Waals surface area (Å²) in [5.74, 6) is 1.84. The number of anilines is 1. The van der Waals surface area contributed by atoms with Gasteiger partial charge in [0.1, 0.15) is 23.1 Å². The van der Waals surface area contributed by atoms with Gasteiger partial charge in [-0.3, -0.25) is 0 Å². The third-order valence-corrected chi connectivity index (χ3v) is 4.69. The first kappa shape index (κ1) is 14.3. The normalized spacial score (nSPS) is 16.3. The number of methoxy groups -OCH3 is 1. The van der Waals surface area contributed by atoms with E-state index >= 15 is 0 Å². The largest absolute Gasteiger partial charge is 0.497 e. The van der Waals surface area contributed by atoms with E-state index in [2.05, 4.69) is 31.7 Å². The van der Waals surface area contributed by atoms with Crippen LogP contribution in [0.15, 0.2) is 24.5 Å². The van der Waals surface area contributed by atoms with E-state index in [0.29, 0.717) is 0 Å². The topological polar surface area (TPSA) is 57.3 Å². The van der Waals surface area contributed by atoms with E-state index in [9.17, 15) is 0 Å². The number of H-pyrrole nitrogens is 1. The Morgan fingerprint density at radius 3 is 2.74 bits per heavy atom. The predicted octanol–water partition coefficient (Wildman–Crippen LogP) is 2.26. The van der Waals surface area contributed by atoms with Gasteiger partial charge in [-0.25, -0.2) is 9.97 Å². The lowest BCUT2D eigenvalue weighted by Crippen LogP contribution is -2.46. The Hall–Kier alpha value is -2.34. The lowest BCUT2D eigenvalue weighted by Gasteiger charge is -2.34. The van der Waals surface area contributed by atoms with E-state index in [0.717, 1.165) is 66.2 Å². The fourth-order valence-electron chi connectivity index (χ4n) is 3.30. The fourth-order valence-corrected chi connectivity index (χ4v) is 3.30. The number of likely N-dealkylation sites (N-methyl/N-ethyl adjacent to an activating group) is 1. The highest BCUT2D eigenvalue weighted by atomic mass is 16.5. The molecule has 2 aromatic heterocycles. The van der Waals surface area contributed by atoms with Crippen LogP contribution in [0.5, 0.6) is 5.75 Å². The number of hydrogen-bond acceptors (Lipinski definition) is 5. The summed E-state index contributed by atoms with van der Waals surface area (Å²) in [5, 5.41) is 1.08. The van der Waals surface area contributed by atoms with Crippen LogP contribution in [0, 0.1) is 0 Å². The molecular formula is C17H21N5O. The smallest absolute Gasteiger partial charge is 0.156 e. The summed E-state index contributed by atoms with van der Waals surface area (Å²) in [7, 11) is 1.68. The Kier molecular flexibility index (Phi) is 3.53. The van der Waals surface area contributed by atoms with Gasteiger partial charge in [-0.1, -0.05) is 6.92 Å². The molecule has 0 bridgehead atoms. The number of aromatic amines is 1. The SMILES string of the molecule is CCN1CCN(c2ncnc3c2[nH]c2ccc(OC)cc23)CC1. The molecule has 0 unspecified atom stereocenters. The van der Waals surface area contributed by atoms with Crippen LogP contribution in [0.2, 0.25) is 0 Å². The van der Waals surface area contributed by atoms with Crippen molar-refractivity contribution >= 4 is 27.8 Å². The van der Waals surface area contributed by atoms with E-state index < -0.39 is 0 Å². The van der Waals surface area contributed by atoms with Gasteiger partial charge in [0, 0.05) is 37.1 Å². The molecule has 3 aromatic rings. The molecule has 0 aliphatic carbocycles. The molecule has 4 rings (SSSR count). The molecule has 1 aromatic carbocycles. The van der Waals surface area contributed by atoms with Crippen LogP contribution in [0.1, 0.15) is 6.92 Å². The molecule has 120 valence electrons. The number of aromatic nitrogens is 3. The van der Waals surface area contributed by atoms with Gasteiger partial charge in [0.2, 0.25) is 0 Å².